The molecule has 0 aliphatic carbocycles. The van der Waals surface area contributed by atoms with Gasteiger partial charge < -0.3 is 16.0 Å². The van der Waals surface area contributed by atoms with Crippen LogP contribution in [0.25, 0.3) is 0 Å². The molecule has 0 aliphatic rings. The molecule has 7 heteroatoms. The number of amides is 3. The molecule has 2 aromatic carbocycles. The summed E-state index contributed by atoms with van der Waals surface area (Å²) < 4.78 is 0. The van der Waals surface area contributed by atoms with E-state index < -0.39 is 5.91 Å². The third-order valence-corrected chi connectivity index (χ3v) is 3.90. The van der Waals surface area contributed by atoms with Gasteiger partial charge in [-0.15, -0.1) is 0 Å². The average Bonchev–Trinajstić information content (AvgIpc) is 2.61. The highest BCUT2D eigenvalue weighted by molar-refractivity contribution is 6.33. The summed E-state index contributed by atoms with van der Waals surface area (Å²) in [7, 11) is 0. The van der Waals surface area contributed by atoms with Gasteiger partial charge in [-0.1, -0.05) is 37.6 Å². The van der Waals surface area contributed by atoms with Gasteiger partial charge in [-0.05, 0) is 42.3 Å². The number of anilines is 2. The van der Waals surface area contributed by atoms with E-state index >= 15 is 0 Å². The molecule has 0 radical (unpaired) electrons. The van der Waals surface area contributed by atoms with Gasteiger partial charge >= 0.3 is 0 Å². The molecule has 0 aromatic heterocycles. The van der Waals surface area contributed by atoms with Crippen molar-refractivity contribution in [2.45, 2.75) is 20.3 Å². The summed E-state index contributed by atoms with van der Waals surface area (Å²) in [5.41, 5.74) is 1.54. The fourth-order valence-electron chi connectivity index (χ4n) is 2.33. The molecule has 6 nitrogen and oxygen atoms in total. The Kier molecular flexibility index (Phi) is 7.37. The maximum absolute atomic E-state index is 12.0. The molecule has 3 amide bonds. The first kappa shape index (κ1) is 20.5. The molecule has 3 N–H and O–H groups in total. The molecule has 2 aromatic rings. The molecule has 0 fully saturated rings. The summed E-state index contributed by atoms with van der Waals surface area (Å²) in [4.78, 5) is 35.8. The predicted molar refractivity (Wildman–Crippen MR) is 107 cm³/mol. The lowest BCUT2D eigenvalue weighted by atomic mass is 10.1. The van der Waals surface area contributed by atoms with E-state index in [1.165, 1.54) is 0 Å². The Morgan fingerprint density at radius 3 is 2.00 bits per heavy atom. The molecule has 0 saturated carbocycles. The number of hydrogen-bond acceptors (Lipinski definition) is 3. The van der Waals surface area contributed by atoms with Gasteiger partial charge in [0.15, 0.2) is 0 Å². The maximum atomic E-state index is 12.0. The summed E-state index contributed by atoms with van der Waals surface area (Å²) in [5, 5.41) is 8.32. The summed E-state index contributed by atoms with van der Waals surface area (Å²) in [6.07, 6.45) is 0.448. The van der Waals surface area contributed by atoms with Crippen LogP contribution in [0.3, 0.4) is 0 Å². The third kappa shape index (κ3) is 6.75. The van der Waals surface area contributed by atoms with E-state index in [0.717, 1.165) is 0 Å². The Morgan fingerprint density at radius 1 is 0.889 bits per heavy atom. The van der Waals surface area contributed by atoms with Gasteiger partial charge in [-0.25, -0.2) is 0 Å². The van der Waals surface area contributed by atoms with Crippen molar-refractivity contribution in [1.29, 1.82) is 0 Å². The monoisotopic (exact) mass is 387 g/mol. The van der Waals surface area contributed by atoms with E-state index in [0.29, 0.717) is 28.4 Å². The molecule has 2 rings (SSSR count). The maximum Gasteiger partial charge on any atom is 0.253 e. The Labute approximate surface area is 163 Å². The number of carbonyl (C=O) groups is 3. The van der Waals surface area contributed by atoms with Crippen molar-refractivity contribution in [2.24, 2.45) is 5.92 Å². The van der Waals surface area contributed by atoms with Gasteiger partial charge in [-0.2, -0.15) is 0 Å². The molecule has 0 spiro atoms. The minimum Gasteiger partial charge on any atom is -0.343 e. The zero-order chi connectivity index (χ0) is 19.8. The number of rotatable bonds is 7. The highest BCUT2D eigenvalue weighted by Gasteiger charge is 2.11. The summed E-state index contributed by atoms with van der Waals surface area (Å²) in [6, 6.07) is 13.4. The topological polar surface area (TPSA) is 87.3 Å². The second kappa shape index (κ2) is 9.73. The number of halogens is 1. The van der Waals surface area contributed by atoms with Crippen LogP contribution in [0, 0.1) is 5.92 Å². The van der Waals surface area contributed by atoms with Crippen LogP contribution in [0.2, 0.25) is 5.02 Å². The van der Waals surface area contributed by atoms with Crippen molar-refractivity contribution in [1.82, 2.24) is 5.32 Å². The molecule has 0 bridgehead atoms. The van der Waals surface area contributed by atoms with Crippen LogP contribution in [0.5, 0.6) is 0 Å². The van der Waals surface area contributed by atoms with Crippen molar-refractivity contribution in [3.8, 4) is 0 Å². The van der Waals surface area contributed by atoms with Crippen LogP contribution in [-0.4, -0.2) is 24.3 Å². The van der Waals surface area contributed by atoms with E-state index in [-0.39, 0.29) is 24.3 Å². The van der Waals surface area contributed by atoms with Crippen molar-refractivity contribution in [2.75, 3.05) is 17.2 Å². The van der Waals surface area contributed by atoms with E-state index in [1.54, 1.807) is 48.5 Å². The second-order valence-electron chi connectivity index (χ2n) is 6.43. The smallest absolute Gasteiger partial charge is 0.253 e. The van der Waals surface area contributed by atoms with E-state index in [1.807, 2.05) is 13.8 Å². The lowest BCUT2D eigenvalue weighted by Gasteiger charge is -2.10. The van der Waals surface area contributed by atoms with Gasteiger partial charge in [0, 0.05) is 17.8 Å². The van der Waals surface area contributed by atoms with Crippen LogP contribution in [0.15, 0.2) is 48.5 Å². The third-order valence-electron chi connectivity index (χ3n) is 3.57. The van der Waals surface area contributed by atoms with Crippen molar-refractivity contribution in [3.63, 3.8) is 0 Å². The highest BCUT2D eigenvalue weighted by atomic mass is 35.5. The Morgan fingerprint density at radius 2 is 1.44 bits per heavy atom. The molecular formula is C20H22ClN3O3. The van der Waals surface area contributed by atoms with Crippen molar-refractivity contribution < 1.29 is 14.4 Å². The van der Waals surface area contributed by atoms with Crippen molar-refractivity contribution >= 4 is 40.7 Å². The number of nitrogens with one attached hydrogen (secondary N) is 3. The van der Waals surface area contributed by atoms with E-state index in [2.05, 4.69) is 16.0 Å². The summed E-state index contributed by atoms with van der Waals surface area (Å²) in [5.74, 6) is -0.556. The first-order chi connectivity index (χ1) is 12.8. The lowest BCUT2D eigenvalue weighted by Crippen LogP contribution is -2.33. The fourth-order valence-corrected chi connectivity index (χ4v) is 2.55. The molecule has 27 heavy (non-hydrogen) atoms. The largest absolute Gasteiger partial charge is 0.343 e. The zero-order valence-corrected chi connectivity index (χ0v) is 16.0. The Balaban J connectivity index is 1.83. The summed E-state index contributed by atoms with van der Waals surface area (Å²) >= 11 is 5.95. The Hall–Kier alpha value is -2.86. The number of hydrogen-bond donors (Lipinski definition) is 3. The van der Waals surface area contributed by atoms with Crippen LogP contribution >= 0.6 is 11.6 Å². The van der Waals surface area contributed by atoms with E-state index in [4.69, 9.17) is 11.6 Å². The molecule has 0 aliphatic heterocycles. The second-order valence-corrected chi connectivity index (χ2v) is 6.84. The minimum atomic E-state index is -0.418. The minimum absolute atomic E-state index is 0.0518. The summed E-state index contributed by atoms with van der Waals surface area (Å²) in [6.45, 7) is 3.77. The van der Waals surface area contributed by atoms with Gasteiger partial charge in [0.2, 0.25) is 11.8 Å². The number of benzene rings is 2. The number of carbonyl (C=O) groups excluding carboxylic acids is 3. The van der Waals surface area contributed by atoms with Crippen LogP contribution in [0.4, 0.5) is 11.4 Å². The average molecular weight is 388 g/mol. The van der Waals surface area contributed by atoms with Gasteiger partial charge in [0.1, 0.15) is 0 Å². The first-order valence-corrected chi connectivity index (χ1v) is 8.95. The molecule has 0 saturated heterocycles. The zero-order valence-electron chi connectivity index (χ0n) is 15.2. The molecule has 0 unspecified atom stereocenters. The lowest BCUT2D eigenvalue weighted by molar-refractivity contribution is -0.117. The first-order valence-electron chi connectivity index (χ1n) is 8.57. The predicted octanol–water partition coefficient (Wildman–Crippen LogP) is 3.69. The van der Waals surface area contributed by atoms with Crippen LogP contribution < -0.4 is 16.0 Å². The SMILES string of the molecule is CC(C)CC(=O)Nc1ccc(NC(=O)CNC(=O)c2ccccc2Cl)cc1. The quantitative estimate of drug-likeness (QED) is 0.677. The van der Waals surface area contributed by atoms with Crippen LogP contribution in [-0.2, 0) is 9.59 Å². The fraction of sp³-hybridized carbons (Fsp3) is 0.250. The molecule has 0 atom stereocenters. The highest BCUT2D eigenvalue weighted by Crippen LogP contribution is 2.15. The normalized spacial score (nSPS) is 10.4. The molecular weight excluding hydrogens is 366 g/mol. The van der Waals surface area contributed by atoms with Crippen molar-refractivity contribution in [3.05, 3.63) is 59.1 Å². The van der Waals surface area contributed by atoms with Crippen LogP contribution in [0.1, 0.15) is 30.6 Å². The van der Waals surface area contributed by atoms with Gasteiger partial charge in [0.05, 0.1) is 17.1 Å². The molecule has 142 valence electrons. The standard InChI is InChI=1S/C20H22ClN3O3/c1-13(2)11-18(25)23-14-7-9-15(10-8-14)24-19(26)12-22-20(27)16-5-3-4-6-17(16)21/h3-10,13H,11-12H2,1-2H3,(H,22,27)(H,23,25)(H,24,26). The van der Waals surface area contributed by atoms with Gasteiger partial charge in [-0.3, -0.25) is 14.4 Å². The van der Waals surface area contributed by atoms with Gasteiger partial charge in [0.25, 0.3) is 5.91 Å². The Bertz CT molecular complexity index is 819. The van der Waals surface area contributed by atoms with E-state index in [9.17, 15) is 14.4 Å². The molecule has 0 heterocycles.